The molecule has 0 saturated carbocycles. The predicted molar refractivity (Wildman–Crippen MR) is 138 cm³/mol. The van der Waals surface area contributed by atoms with Crippen molar-refractivity contribution in [3.8, 4) is 6.19 Å². The molecule has 0 spiro atoms. The van der Waals surface area contributed by atoms with E-state index in [1.165, 1.54) is 27.2 Å². The Balaban J connectivity index is 1.45. The fourth-order valence-electron chi connectivity index (χ4n) is 4.50. The Morgan fingerprint density at radius 1 is 1.12 bits per heavy atom. The molecule has 34 heavy (non-hydrogen) atoms. The first-order valence-corrected chi connectivity index (χ1v) is 12.7. The molecule has 7 heteroatoms. The minimum Gasteiger partial charge on any atom is -0.342 e. The number of piperidine rings is 1. The number of rotatable bonds is 2. The average Bonchev–Trinajstić information content (AvgIpc) is 3.04. The fourth-order valence-corrected chi connectivity index (χ4v) is 5.82. The van der Waals surface area contributed by atoms with E-state index in [1.807, 2.05) is 60.4 Å². The van der Waals surface area contributed by atoms with Gasteiger partial charge in [0.25, 0.3) is 0 Å². The van der Waals surface area contributed by atoms with Gasteiger partial charge in [-0.15, -0.1) is 11.8 Å². The highest BCUT2D eigenvalue weighted by atomic mass is 35.5. The summed E-state index contributed by atoms with van der Waals surface area (Å²) in [6, 6.07) is 20.4. The van der Waals surface area contributed by atoms with E-state index in [0.29, 0.717) is 12.5 Å². The number of halogens is 1. The van der Waals surface area contributed by atoms with Gasteiger partial charge in [-0.1, -0.05) is 59.6 Å². The maximum atomic E-state index is 9.29. The van der Waals surface area contributed by atoms with Crippen molar-refractivity contribution in [1.29, 1.82) is 5.26 Å². The lowest BCUT2D eigenvalue weighted by atomic mass is 9.89. The second-order valence-electron chi connectivity index (χ2n) is 8.27. The van der Waals surface area contributed by atoms with Gasteiger partial charge in [0.15, 0.2) is 6.19 Å². The van der Waals surface area contributed by atoms with Crippen LogP contribution in [0.3, 0.4) is 0 Å². The van der Waals surface area contributed by atoms with Crippen LogP contribution in [0.5, 0.6) is 0 Å². The van der Waals surface area contributed by atoms with E-state index in [0.717, 1.165) is 48.0 Å². The number of guanidine groups is 1. The number of thioether (sulfide) groups is 1. The number of nitrogens with zero attached hydrogens (tertiary/aromatic N) is 4. The first-order valence-electron chi connectivity index (χ1n) is 11.3. The molecule has 2 aliphatic rings. The summed E-state index contributed by atoms with van der Waals surface area (Å²) in [5, 5.41) is 12.8. The third-order valence-corrected chi connectivity index (χ3v) is 7.51. The molecule has 1 saturated heterocycles. The molecule has 0 atom stereocenters. The van der Waals surface area contributed by atoms with Crippen LogP contribution < -0.4 is 5.32 Å². The molecule has 2 aromatic carbocycles. The SMILES string of the molecule is N#CNC(=NCc1ccccc1)N1CCC(=C2c3ccc(Cl)cc3SCc3cccnc32)CC1. The van der Waals surface area contributed by atoms with E-state index in [4.69, 9.17) is 21.6 Å². The number of hydrogen-bond donors (Lipinski definition) is 1. The van der Waals surface area contributed by atoms with Crippen molar-refractivity contribution in [1.82, 2.24) is 15.2 Å². The Bertz CT molecular complexity index is 1290. The predicted octanol–water partition coefficient (Wildman–Crippen LogP) is 5.87. The average molecular weight is 486 g/mol. The number of nitriles is 1. The molecule has 1 N–H and O–H groups in total. The van der Waals surface area contributed by atoms with Gasteiger partial charge >= 0.3 is 0 Å². The molecule has 5 rings (SSSR count). The van der Waals surface area contributed by atoms with E-state index in [2.05, 4.69) is 34.6 Å². The molecule has 3 heterocycles. The van der Waals surface area contributed by atoms with Gasteiger partial charge in [-0.2, -0.15) is 5.26 Å². The van der Waals surface area contributed by atoms with Gasteiger partial charge in [0.1, 0.15) is 0 Å². The Morgan fingerprint density at radius 3 is 2.74 bits per heavy atom. The Morgan fingerprint density at radius 2 is 1.94 bits per heavy atom. The minimum atomic E-state index is 0.540. The lowest BCUT2D eigenvalue weighted by Gasteiger charge is -2.32. The van der Waals surface area contributed by atoms with Gasteiger partial charge in [-0.25, -0.2) is 4.99 Å². The highest BCUT2D eigenvalue weighted by molar-refractivity contribution is 7.98. The molecular formula is C27H24ClN5S. The van der Waals surface area contributed by atoms with Gasteiger partial charge < -0.3 is 4.90 Å². The van der Waals surface area contributed by atoms with Crippen molar-refractivity contribution in [2.24, 2.45) is 4.99 Å². The Kier molecular flexibility index (Phi) is 6.84. The van der Waals surface area contributed by atoms with E-state index in [1.54, 1.807) is 0 Å². The van der Waals surface area contributed by atoms with Crippen LogP contribution in [-0.4, -0.2) is 28.9 Å². The quantitative estimate of drug-likeness (QED) is 0.213. The van der Waals surface area contributed by atoms with Crippen LogP contribution in [0.2, 0.25) is 5.02 Å². The van der Waals surface area contributed by atoms with Crippen LogP contribution in [0, 0.1) is 11.5 Å². The molecule has 3 aromatic rings. The topological polar surface area (TPSA) is 64.3 Å². The summed E-state index contributed by atoms with van der Waals surface area (Å²) in [7, 11) is 0. The molecule has 1 fully saturated rings. The number of hydrogen-bond acceptors (Lipinski definition) is 4. The van der Waals surface area contributed by atoms with Crippen molar-refractivity contribution in [2.45, 2.75) is 30.0 Å². The van der Waals surface area contributed by atoms with Gasteiger partial charge in [-0.05, 0) is 47.7 Å². The number of benzene rings is 2. The summed E-state index contributed by atoms with van der Waals surface area (Å²) in [5.74, 6) is 1.51. The zero-order valence-electron chi connectivity index (χ0n) is 18.7. The van der Waals surface area contributed by atoms with Crippen molar-refractivity contribution < 1.29 is 0 Å². The molecule has 0 radical (unpaired) electrons. The van der Waals surface area contributed by atoms with Crippen molar-refractivity contribution in [3.63, 3.8) is 0 Å². The molecule has 2 aliphatic heterocycles. The summed E-state index contributed by atoms with van der Waals surface area (Å²) in [6.07, 6.45) is 5.70. The second-order valence-corrected chi connectivity index (χ2v) is 9.72. The standard InChI is InChI=1S/C27H24ClN5S/c28-22-8-9-23-24(15-22)34-17-21-7-4-12-30-26(21)25(23)20-10-13-33(14-11-20)27(32-18-29)31-16-19-5-2-1-3-6-19/h1-9,12,15H,10-11,13-14,16-17H2,(H,31,32). The first-order chi connectivity index (χ1) is 16.7. The third-order valence-electron chi connectivity index (χ3n) is 6.17. The van der Waals surface area contributed by atoms with Crippen LogP contribution in [-0.2, 0) is 12.3 Å². The maximum absolute atomic E-state index is 9.29. The van der Waals surface area contributed by atoms with Crippen LogP contribution in [0.15, 0.2) is 82.3 Å². The van der Waals surface area contributed by atoms with Crippen molar-refractivity contribution >= 4 is 34.9 Å². The number of aliphatic imine (C=N–C) groups is 1. The summed E-state index contributed by atoms with van der Waals surface area (Å²) >= 11 is 8.15. The molecule has 1 aromatic heterocycles. The molecule has 5 nitrogen and oxygen atoms in total. The van der Waals surface area contributed by atoms with Crippen molar-refractivity contribution in [2.75, 3.05) is 13.1 Å². The van der Waals surface area contributed by atoms with Crippen LogP contribution in [0.25, 0.3) is 5.57 Å². The molecule has 0 amide bonds. The van der Waals surface area contributed by atoms with Crippen LogP contribution in [0.4, 0.5) is 0 Å². The van der Waals surface area contributed by atoms with E-state index in [9.17, 15) is 5.26 Å². The van der Waals surface area contributed by atoms with Gasteiger partial charge in [0.2, 0.25) is 5.96 Å². The van der Waals surface area contributed by atoms with Crippen LogP contribution in [0.1, 0.15) is 35.2 Å². The highest BCUT2D eigenvalue weighted by Crippen LogP contribution is 2.43. The lowest BCUT2D eigenvalue weighted by molar-refractivity contribution is 0.379. The fraction of sp³-hybridized carbons (Fsp3) is 0.222. The number of nitrogens with one attached hydrogen (secondary N) is 1. The summed E-state index contributed by atoms with van der Waals surface area (Å²) in [6.45, 7) is 2.12. The zero-order chi connectivity index (χ0) is 23.3. The summed E-state index contributed by atoms with van der Waals surface area (Å²) in [4.78, 5) is 12.9. The van der Waals surface area contributed by atoms with Crippen LogP contribution >= 0.6 is 23.4 Å². The minimum absolute atomic E-state index is 0.540. The molecule has 0 bridgehead atoms. The van der Waals surface area contributed by atoms with E-state index >= 15 is 0 Å². The van der Waals surface area contributed by atoms with Gasteiger partial charge in [-0.3, -0.25) is 10.3 Å². The summed E-state index contributed by atoms with van der Waals surface area (Å²) < 4.78 is 0. The molecule has 170 valence electrons. The normalized spacial score (nSPS) is 15.8. The largest absolute Gasteiger partial charge is 0.342 e. The van der Waals surface area contributed by atoms with E-state index < -0.39 is 0 Å². The lowest BCUT2D eigenvalue weighted by Crippen LogP contribution is -2.43. The Hall–Kier alpha value is -3.27. The number of likely N-dealkylation sites (tertiary alicyclic amines) is 1. The highest BCUT2D eigenvalue weighted by Gasteiger charge is 2.26. The van der Waals surface area contributed by atoms with Crippen molar-refractivity contribution in [3.05, 3.63) is 99.8 Å². The first kappa shape index (κ1) is 22.5. The number of fused-ring (bicyclic) bond motifs is 2. The monoisotopic (exact) mass is 485 g/mol. The molecular weight excluding hydrogens is 462 g/mol. The molecule has 0 unspecified atom stereocenters. The second kappa shape index (κ2) is 10.3. The Labute approximate surface area is 209 Å². The summed E-state index contributed by atoms with van der Waals surface area (Å²) in [5.41, 5.74) is 7.29. The zero-order valence-corrected chi connectivity index (χ0v) is 20.2. The molecule has 0 aliphatic carbocycles. The van der Waals surface area contributed by atoms with Gasteiger partial charge in [0, 0.05) is 40.5 Å². The maximum Gasteiger partial charge on any atom is 0.207 e. The third kappa shape index (κ3) is 4.82. The smallest absolute Gasteiger partial charge is 0.207 e. The number of aromatic nitrogens is 1. The van der Waals surface area contributed by atoms with Gasteiger partial charge in [0.05, 0.1) is 12.2 Å². The number of pyridine rings is 1. The van der Waals surface area contributed by atoms with E-state index in [-0.39, 0.29) is 0 Å².